The molecule has 0 saturated carbocycles. The van der Waals surface area contributed by atoms with Gasteiger partial charge in [-0.1, -0.05) is 24.3 Å². The number of carbonyl (C=O) groups excluding carboxylic acids is 2. The second-order valence-electron chi connectivity index (χ2n) is 5.44. The number of hydrogen-bond donors (Lipinski definition) is 1. The van der Waals surface area contributed by atoms with E-state index < -0.39 is 11.9 Å². The molecule has 1 N–H and O–H groups in total. The average Bonchev–Trinajstić information content (AvgIpc) is 2.62. The summed E-state index contributed by atoms with van der Waals surface area (Å²) in [6, 6.07) is 12.9. The van der Waals surface area contributed by atoms with Gasteiger partial charge in [0.15, 0.2) is 6.61 Å². The van der Waals surface area contributed by atoms with Crippen molar-refractivity contribution in [1.29, 1.82) is 0 Å². The average molecular weight is 418 g/mol. The lowest BCUT2D eigenvalue weighted by atomic mass is 10.2. The summed E-state index contributed by atoms with van der Waals surface area (Å²) in [5, 5.41) is 2.69. The smallest absolute Gasteiger partial charge is 0.331 e. The first kappa shape index (κ1) is 19.7. The zero-order valence-electron chi connectivity index (χ0n) is 14.6. The Bertz CT molecular complexity index is 817. The van der Waals surface area contributed by atoms with Gasteiger partial charge in [-0.15, -0.1) is 0 Å². The highest BCUT2D eigenvalue weighted by molar-refractivity contribution is 9.10. The molecule has 0 spiro atoms. The number of ether oxygens (including phenoxy) is 2. The number of amides is 1. The van der Waals surface area contributed by atoms with Crippen LogP contribution in [0.15, 0.2) is 53.0 Å². The third-order valence-electron chi connectivity index (χ3n) is 3.36. The molecular formula is C20H20BrNO4. The minimum absolute atomic E-state index is 0.364. The number of aryl methyl sites for hydroxylation is 1. The van der Waals surface area contributed by atoms with Crippen LogP contribution in [0.4, 0.5) is 5.69 Å². The highest BCUT2D eigenvalue weighted by Crippen LogP contribution is 2.23. The lowest BCUT2D eigenvalue weighted by molar-refractivity contribution is -0.142. The van der Waals surface area contributed by atoms with E-state index in [1.807, 2.05) is 50.2 Å². The molecule has 6 heteroatoms. The molecule has 0 atom stereocenters. The summed E-state index contributed by atoms with van der Waals surface area (Å²) in [6.07, 6.45) is 2.87. The molecular weight excluding hydrogens is 398 g/mol. The third kappa shape index (κ3) is 6.04. The summed E-state index contributed by atoms with van der Waals surface area (Å²) in [7, 11) is 0. The lowest BCUT2D eigenvalue weighted by Gasteiger charge is -2.08. The van der Waals surface area contributed by atoms with Crippen LogP contribution in [0.2, 0.25) is 0 Å². The number of esters is 1. The van der Waals surface area contributed by atoms with Crippen LogP contribution < -0.4 is 10.1 Å². The Balaban J connectivity index is 1.87. The van der Waals surface area contributed by atoms with Gasteiger partial charge in [-0.25, -0.2) is 4.79 Å². The highest BCUT2D eigenvalue weighted by atomic mass is 79.9. The van der Waals surface area contributed by atoms with Crippen molar-refractivity contribution in [3.8, 4) is 5.75 Å². The summed E-state index contributed by atoms with van der Waals surface area (Å²) in [5.74, 6) is -0.332. The van der Waals surface area contributed by atoms with Crippen LogP contribution in [-0.2, 0) is 14.3 Å². The molecule has 0 aliphatic carbocycles. The molecule has 0 saturated heterocycles. The Labute approximate surface area is 161 Å². The van der Waals surface area contributed by atoms with Gasteiger partial charge in [-0.05, 0) is 59.6 Å². The Hall–Kier alpha value is -2.60. The summed E-state index contributed by atoms with van der Waals surface area (Å²) in [6.45, 7) is 4.01. The van der Waals surface area contributed by atoms with E-state index in [2.05, 4.69) is 21.2 Å². The first-order valence-electron chi connectivity index (χ1n) is 8.12. The molecule has 136 valence electrons. The first-order chi connectivity index (χ1) is 12.5. The molecule has 0 aliphatic heterocycles. The van der Waals surface area contributed by atoms with Gasteiger partial charge in [-0.2, -0.15) is 0 Å². The second-order valence-corrected chi connectivity index (χ2v) is 6.30. The van der Waals surface area contributed by atoms with Gasteiger partial charge in [0.1, 0.15) is 5.75 Å². The molecule has 2 aromatic carbocycles. The zero-order valence-corrected chi connectivity index (χ0v) is 16.2. The normalized spacial score (nSPS) is 10.6. The van der Waals surface area contributed by atoms with Crippen molar-refractivity contribution in [3.63, 3.8) is 0 Å². The number of carbonyl (C=O) groups is 2. The van der Waals surface area contributed by atoms with E-state index in [0.717, 1.165) is 15.6 Å². The van der Waals surface area contributed by atoms with Crippen molar-refractivity contribution in [3.05, 3.63) is 64.1 Å². The predicted molar refractivity (Wildman–Crippen MR) is 105 cm³/mol. The van der Waals surface area contributed by atoms with E-state index >= 15 is 0 Å². The molecule has 0 bridgehead atoms. The maximum Gasteiger partial charge on any atom is 0.331 e. The largest absolute Gasteiger partial charge is 0.493 e. The minimum atomic E-state index is -0.602. The van der Waals surface area contributed by atoms with Crippen LogP contribution in [0.5, 0.6) is 5.75 Å². The molecule has 5 nitrogen and oxygen atoms in total. The van der Waals surface area contributed by atoms with E-state index in [1.165, 1.54) is 6.08 Å². The van der Waals surface area contributed by atoms with Crippen molar-refractivity contribution in [2.75, 3.05) is 18.5 Å². The van der Waals surface area contributed by atoms with E-state index in [1.54, 1.807) is 12.1 Å². The molecule has 1 amide bonds. The number of hydrogen-bond acceptors (Lipinski definition) is 4. The summed E-state index contributed by atoms with van der Waals surface area (Å²) in [4.78, 5) is 23.7. The van der Waals surface area contributed by atoms with Gasteiger partial charge in [-0.3, -0.25) is 4.79 Å². The van der Waals surface area contributed by atoms with Crippen LogP contribution >= 0.6 is 15.9 Å². The summed E-state index contributed by atoms with van der Waals surface area (Å²) in [5.41, 5.74) is 2.45. The number of nitrogens with one attached hydrogen (secondary N) is 1. The summed E-state index contributed by atoms with van der Waals surface area (Å²) < 4.78 is 11.2. The molecule has 0 fully saturated rings. The molecule has 0 aromatic heterocycles. The number of para-hydroxylation sites is 1. The Morgan fingerprint density at radius 2 is 1.96 bits per heavy atom. The van der Waals surface area contributed by atoms with Crippen LogP contribution in [0.25, 0.3) is 6.08 Å². The van der Waals surface area contributed by atoms with Gasteiger partial charge in [0, 0.05) is 16.1 Å². The fourth-order valence-electron chi connectivity index (χ4n) is 2.16. The van der Waals surface area contributed by atoms with Crippen molar-refractivity contribution < 1.29 is 19.1 Å². The molecule has 2 aromatic rings. The highest BCUT2D eigenvalue weighted by Gasteiger charge is 2.08. The maximum atomic E-state index is 11.9. The van der Waals surface area contributed by atoms with Crippen LogP contribution in [0.3, 0.4) is 0 Å². The van der Waals surface area contributed by atoms with Crippen molar-refractivity contribution >= 4 is 39.6 Å². The van der Waals surface area contributed by atoms with E-state index in [0.29, 0.717) is 18.0 Å². The number of benzene rings is 2. The SMILES string of the molecule is CCOc1ccccc1/C=C/C(=O)OCC(=O)Nc1ccc(C)cc1Br. The fraction of sp³-hybridized carbons (Fsp3) is 0.200. The molecule has 0 aliphatic rings. The van der Waals surface area contributed by atoms with E-state index in [4.69, 9.17) is 9.47 Å². The van der Waals surface area contributed by atoms with Gasteiger partial charge < -0.3 is 14.8 Å². The second kappa shape index (κ2) is 9.77. The zero-order chi connectivity index (χ0) is 18.9. The van der Waals surface area contributed by atoms with Gasteiger partial charge in [0.25, 0.3) is 5.91 Å². The van der Waals surface area contributed by atoms with Crippen LogP contribution in [-0.4, -0.2) is 25.1 Å². The van der Waals surface area contributed by atoms with Crippen LogP contribution in [0.1, 0.15) is 18.1 Å². The van der Waals surface area contributed by atoms with Crippen LogP contribution in [0, 0.1) is 6.92 Å². The van der Waals surface area contributed by atoms with E-state index in [-0.39, 0.29) is 6.61 Å². The third-order valence-corrected chi connectivity index (χ3v) is 4.02. The van der Waals surface area contributed by atoms with Gasteiger partial charge in [0.05, 0.1) is 12.3 Å². The number of anilines is 1. The van der Waals surface area contributed by atoms with Crippen molar-refractivity contribution in [1.82, 2.24) is 0 Å². The standard InChI is InChI=1S/C20H20BrNO4/c1-3-25-18-7-5-4-6-15(18)9-11-20(24)26-13-19(23)22-17-10-8-14(2)12-16(17)21/h4-12H,3,13H2,1-2H3,(H,22,23)/b11-9+. The maximum absolute atomic E-state index is 11.9. The topological polar surface area (TPSA) is 64.6 Å². The fourth-order valence-corrected chi connectivity index (χ4v) is 2.75. The van der Waals surface area contributed by atoms with Gasteiger partial charge in [0.2, 0.25) is 0 Å². The van der Waals surface area contributed by atoms with Crippen molar-refractivity contribution in [2.24, 2.45) is 0 Å². The monoisotopic (exact) mass is 417 g/mol. The predicted octanol–water partition coefficient (Wildman–Crippen LogP) is 4.35. The molecule has 0 unspecified atom stereocenters. The number of halogens is 1. The minimum Gasteiger partial charge on any atom is -0.493 e. The van der Waals surface area contributed by atoms with E-state index in [9.17, 15) is 9.59 Å². The Morgan fingerprint density at radius 1 is 1.19 bits per heavy atom. The van der Waals surface area contributed by atoms with Gasteiger partial charge >= 0.3 is 5.97 Å². The summed E-state index contributed by atoms with van der Waals surface area (Å²) >= 11 is 3.38. The number of rotatable bonds is 7. The molecule has 0 radical (unpaired) electrons. The van der Waals surface area contributed by atoms with Crippen molar-refractivity contribution in [2.45, 2.75) is 13.8 Å². The molecule has 26 heavy (non-hydrogen) atoms. The lowest BCUT2D eigenvalue weighted by Crippen LogP contribution is -2.20. The quantitative estimate of drug-likeness (QED) is 0.537. The Kier molecular flexibility index (Phi) is 7.41. The molecule has 2 rings (SSSR count). The Morgan fingerprint density at radius 3 is 2.69 bits per heavy atom. The first-order valence-corrected chi connectivity index (χ1v) is 8.91. The molecule has 0 heterocycles.